The van der Waals surface area contributed by atoms with Gasteiger partial charge in [0.15, 0.2) is 5.15 Å². The first-order chi connectivity index (χ1) is 9.11. The lowest BCUT2D eigenvalue weighted by molar-refractivity contribution is -0.0953. The monoisotopic (exact) mass is 348 g/mol. The number of aromatic nitrogens is 2. The second-order valence-electron chi connectivity index (χ2n) is 5.04. The van der Waals surface area contributed by atoms with Crippen molar-refractivity contribution in [2.24, 2.45) is 0 Å². The Morgan fingerprint density at radius 2 is 2.37 bits per heavy atom. The van der Waals surface area contributed by atoms with Crippen molar-refractivity contribution in [3.63, 3.8) is 0 Å². The summed E-state index contributed by atoms with van der Waals surface area (Å²) in [5, 5.41) is 0.201. The van der Waals surface area contributed by atoms with E-state index in [1.165, 1.54) is 6.33 Å². The van der Waals surface area contributed by atoms with Crippen molar-refractivity contribution in [3.05, 3.63) is 26.3 Å². The van der Waals surface area contributed by atoms with Crippen LogP contribution in [0.5, 0.6) is 0 Å². The molecule has 0 aliphatic carbocycles. The van der Waals surface area contributed by atoms with E-state index in [2.05, 4.69) is 20.9 Å². The molecule has 104 valence electrons. The van der Waals surface area contributed by atoms with Crippen molar-refractivity contribution < 1.29 is 9.47 Å². The predicted molar refractivity (Wildman–Crippen MR) is 73.6 cm³/mol. The molecule has 1 aromatic heterocycles. The number of ether oxygens (including phenoxy) is 2. The molecule has 2 unspecified atom stereocenters. The van der Waals surface area contributed by atoms with E-state index >= 15 is 0 Å². The minimum absolute atomic E-state index is 0.0871. The van der Waals surface area contributed by atoms with Crippen LogP contribution in [0.4, 0.5) is 0 Å². The summed E-state index contributed by atoms with van der Waals surface area (Å²) >= 11 is 9.02. The number of hydrogen-bond donors (Lipinski definition) is 0. The van der Waals surface area contributed by atoms with Gasteiger partial charge in [-0.25, -0.2) is 4.98 Å². The molecule has 0 bridgehead atoms. The zero-order valence-corrected chi connectivity index (χ0v) is 12.6. The molecular weight excluding hydrogens is 336 g/mol. The minimum atomic E-state index is -0.228. The van der Waals surface area contributed by atoms with Gasteiger partial charge < -0.3 is 9.47 Å². The van der Waals surface area contributed by atoms with Gasteiger partial charge in [0.05, 0.1) is 18.5 Å². The fourth-order valence-corrected chi connectivity index (χ4v) is 3.22. The summed E-state index contributed by atoms with van der Waals surface area (Å²) in [6.07, 6.45) is 4.00. The molecular formula is C12H14BrClN2O3. The second-order valence-corrected chi connectivity index (χ2v) is 6.19. The van der Waals surface area contributed by atoms with E-state index in [0.29, 0.717) is 17.7 Å². The summed E-state index contributed by atoms with van der Waals surface area (Å²) in [6.45, 7) is 1.98. The van der Waals surface area contributed by atoms with Gasteiger partial charge in [0.25, 0.3) is 5.56 Å². The molecule has 1 spiro atoms. The lowest BCUT2D eigenvalue weighted by Gasteiger charge is -2.37. The third-order valence-electron chi connectivity index (χ3n) is 3.83. The Morgan fingerprint density at radius 1 is 1.53 bits per heavy atom. The molecule has 0 saturated carbocycles. The highest BCUT2D eigenvalue weighted by molar-refractivity contribution is 9.10. The fourth-order valence-electron chi connectivity index (χ4n) is 2.79. The van der Waals surface area contributed by atoms with E-state index in [0.717, 1.165) is 25.9 Å². The topological polar surface area (TPSA) is 53.4 Å². The standard InChI is InChI=1S/C12H14BrClN2O3/c13-9-10(14)15-7-16(11(9)17)8-1-3-19-12(5-8)2-4-18-6-12/h7-8H,1-6H2. The highest BCUT2D eigenvalue weighted by Gasteiger charge is 2.41. The molecule has 7 heteroatoms. The van der Waals surface area contributed by atoms with Crippen molar-refractivity contribution in [3.8, 4) is 0 Å². The van der Waals surface area contributed by atoms with Crippen molar-refractivity contribution in [1.29, 1.82) is 0 Å². The maximum absolute atomic E-state index is 12.2. The Hall–Kier alpha value is -0.430. The second kappa shape index (κ2) is 5.16. The molecule has 5 nitrogen and oxygen atoms in total. The normalized spacial score (nSPS) is 30.9. The summed E-state index contributed by atoms with van der Waals surface area (Å²) in [4.78, 5) is 16.3. The molecule has 2 saturated heterocycles. The quantitative estimate of drug-likeness (QED) is 0.729. The first kappa shape index (κ1) is 13.5. The van der Waals surface area contributed by atoms with Crippen LogP contribution in [0.15, 0.2) is 15.6 Å². The molecule has 0 amide bonds. The maximum Gasteiger partial charge on any atom is 0.269 e. The average molecular weight is 350 g/mol. The van der Waals surface area contributed by atoms with Gasteiger partial charge in [0.1, 0.15) is 4.47 Å². The van der Waals surface area contributed by atoms with Crippen LogP contribution >= 0.6 is 27.5 Å². The summed E-state index contributed by atoms with van der Waals surface area (Å²) < 4.78 is 13.3. The zero-order valence-electron chi connectivity index (χ0n) is 10.3. The van der Waals surface area contributed by atoms with Crippen LogP contribution in [0, 0.1) is 0 Å². The van der Waals surface area contributed by atoms with Crippen molar-refractivity contribution >= 4 is 27.5 Å². The lowest BCUT2D eigenvalue weighted by atomic mass is 9.89. The van der Waals surface area contributed by atoms with E-state index in [9.17, 15) is 4.79 Å². The predicted octanol–water partition coefficient (Wildman–Crippen LogP) is 2.17. The Kier molecular flexibility index (Phi) is 3.68. The molecule has 3 rings (SSSR count). The Bertz CT molecular complexity index is 542. The summed E-state index contributed by atoms with van der Waals surface area (Å²) in [6, 6.07) is 0.0871. The van der Waals surface area contributed by atoms with Gasteiger partial charge in [-0.05, 0) is 28.8 Å². The van der Waals surface area contributed by atoms with E-state index in [4.69, 9.17) is 21.1 Å². The SMILES string of the molecule is O=c1c(Br)c(Cl)ncn1C1CCOC2(CCOC2)C1. The molecule has 3 heterocycles. The lowest BCUT2D eigenvalue weighted by Crippen LogP contribution is -2.43. The van der Waals surface area contributed by atoms with Crippen LogP contribution in [0.1, 0.15) is 25.3 Å². The van der Waals surface area contributed by atoms with Gasteiger partial charge in [-0.15, -0.1) is 0 Å². The first-order valence-electron chi connectivity index (χ1n) is 6.25. The highest BCUT2D eigenvalue weighted by atomic mass is 79.9. The molecule has 0 radical (unpaired) electrons. The van der Waals surface area contributed by atoms with Crippen LogP contribution < -0.4 is 5.56 Å². The summed E-state index contributed by atoms with van der Waals surface area (Å²) in [5.74, 6) is 0. The Balaban J connectivity index is 1.90. The summed E-state index contributed by atoms with van der Waals surface area (Å²) in [5.41, 5.74) is -0.366. The Labute approximate surface area is 124 Å². The molecule has 2 aliphatic heterocycles. The number of rotatable bonds is 1. The van der Waals surface area contributed by atoms with Crippen LogP contribution in [0.25, 0.3) is 0 Å². The third-order valence-corrected chi connectivity index (χ3v) is 5.06. The van der Waals surface area contributed by atoms with E-state index in [1.807, 2.05) is 0 Å². The van der Waals surface area contributed by atoms with Gasteiger partial charge >= 0.3 is 0 Å². The van der Waals surface area contributed by atoms with E-state index < -0.39 is 0 Å². The maximum atomic E-state index is 12.2. The van der Waals surface area contributed by atoms with Crippen LogP contribution in [-0.2, 0) is 9.47 Å². The van der Waals surface area contributed by atoms with E-state index in [-0.39, 0.29) is 22.4 Å². The van der Waals surface area contributed by atoms with Gasteiger partial charge in [-0.2, -0.15) is 0 Å². The van der Waals surface area contributed by atoms with Gasteiger partial charge in [-0.1, -0.05) is 11.6 Å². The van der Waals surface area contributed by atoms with Gasteiger partial charge in [-0.3, -0.25) is 9.36 Å². The van der Waals surface area contributed by atoms with Crippen LogP contribution in [0.3, 0.4) is 0 Å². The molecule has 2 aliphatic rings. The largest absolute Gasteiger partial charge is 0.378 e. The van der Waals surface area contributed by atoms with E-state index in [1.54, 1.807) is 4.57 Å². The van der Waals surface area contributed by atoms with Crippen LogP contribution in [0.2, 0.25) is 5.15 Å². The number of halogens is 2. The first-order valence-corrected chi connectivity index (χ1v) is 7.42. The number of nitrogens with zero attached hydrogens (tertiary/aromatic N) is 2. The smallest absolute Gasteiger partial charge is 0.269 e. The third kappa shape index (κ3) is 2.46. The van der Waals surface area contributed by atoms with Gasteiger partial charge in [0.2, 0.25) is 0 Å². The fraction of sp³-hybridized carbons (Fsp3) is 0.667. The molecule has 0 aromatic carbocycles. The molecule has 0 N–H and O–H groups in total. The van der Waals surface area contributed by atoms with Crippen LogP contribution in [-0.4, -0.2) is 35.0 Å². The molecule has 2 atom stereocenters. The number of hydrogen-bond acceptors (Lipinski definition) is 4. The Morgan fingerprint density at radius 3 is 3.11 bits per heavy atom. The molecule has 2 fully saturated rings. The average Bonchev–Trinajstić information content (AvgIpc) is 2.84. The molecule has 19 heavy (non-hydrogen) atoms. The molecule has 1 aromatic rings. The van der Waals surface area contributed by atoms with Crippen molar-refractivity contribution in [1.82, 2.24) is 9.55 Å². The highest BCUT2D eigenvalue weighted by Crippen LogP contribution is 2.37. The van der Waals surface area contributed by atoms with Gasteiger partial charge in [0, 0.05) is 25.7 Å². The summed E-state index contributed by atoms with van der Waals surface area (Å²) in [7, 11) is 0. The zero-order chi connectivity index (χ0) is 13.5. The minimum Gasteiger partial charge on any atom is -0.378 e. The van der Waals surface area contributed by atoms with Crippen molar-refractivity contribution in [2.45, 2.75) is 30.9 Å². The van der Waals surface area contributed by atoms with Crippen molar-refractivity contribution in [2.75, 3.05) is 19.8 Å².